The summed E-state index contributed by atoms with van der Waals surface area (Å²) in [7, 11) is 0. The Morgan fingerprint density at radius 3 is 2.73 bits per heavy atom. The minimum absolute atomic E-state index is 0.248. The summed E-state index contributed by atoms with van der Waals surface area (Å²) in [6.45, 7) is 10.6. The molecular weight excluding hydrogens is 386 g/mol. The predicted octanol–water partition coefficient (Wildman–Crippen LogP) is 3.49. The number of ether oxygens (including phenoxy) is 3. The fourth-order valence-electron chi connectivity index (χ4n) is 3.27. The van der Waals surface area contributed by atoms with E-state index in [9.17, 15) is 4.79 Å². The van der Waals surface area contributed by atoms with E-state index >= 15 is 0 Å². The molecule has 162 valence electrons. The smallest absolute Gasteiger partial charge is 0.338 e. The van der Waals surface area contributed by atoms with Crippen LogP contribution in [0.3, 0.4) is 0 Å². The maximum absolute atomic E-state index is 12.9. The van der Waals surface area contributed by atoms with Crippen LogP contribution in [0, 0.1) is 0 Å². The Kier molecular flexibility index (Phi) is 6.91. The molecule has 0 saturated heterocycles. The van der Waals surface area contributed by atoms with Gasteiger partial charge in [-0.05, 0) is 62.2 Å². The van der Waals surface area contributed by atoms with Gasteiger partial charge in [-0.1, -0.05) is 24.5 Å². The van der Waals surface area contributed by atoms with Gasteiger partial charge in [0, 0.05) is 5.70 Å². The molecule has 2 aromatic rings. The minimum atomic E-state index is -0.550. The van der Waals surface area contributed by atoms with Crippen LogP contribution in [0.15, 0.2) is 29.5 Å². The second kappa shape index (κ2) is 9.60. The Labute approximate surface area is 176 Å². The third kappa shape index (κ3) is 4.55. The second-order valence-corrected chi connectivity index (χ2v) is 7.31. The largest absolute Gasteiger partial charge is 0.490 e. The lowest BCUT2D eigenvalue weighted by atomic mass is 9.95. The number of anilines is 1. The molecule has 1 aliphatic rings. The Morgan fingerprint density at radius 2 is 2.03 bits per heavy atom. The molecule has 1 atom stereocenters. The van der Waals surface area contributed by atoms with Crippen molar-refractivity contribution < 1.29 is 19.0 Å². The first-order valence-electron chi connectivity index (χ1n) is 10.3. The molecule has 1 aromatic heterocycles. The number of rotatable bonds is 9. The van der Waals surface area contributed by atoms with E-state index in [0.717, 1.165) is 18.4 Å². The minimum Gasteiger partial charge on any atom is -0.490 e. The molecule has 9 nitrogen and oxygen atoms in total. The van der Waals surface area contributed by atoms with E-state index in [-0.39, 0.29) is 6.10 Å². The van der Waals surface area contributed by atoms with E-state index in [0.29, 0.717) is 41.9 Å². The molecule has 0 bridgehead atoms. The van der Waals surface area contributed by atoms with Gasteiger partial charge in [0.25, 0.3) is 0 Å². The molecule has 3 rings (SSSR count). The lowest BCUT2D eigenvalue weighted by Gasteiger charge is -2.28. The summed E-state index contributed by atoms with van der Waals surface area (Å²) < 4.78 is 18.8. The van der Waals surface area contributed by atoms with Crippen LogP contribution in [-0.4, -0.2) is 45.5 Å². The molecule has 0 saturated carbocycles. The van der Waals surface area contributed by atoms with Gasteiger partial charge in [0.1, 0.15) is 6.04 Å². The fourth-order valence-corrected chi connectivity index (χ4v) is 3.27. The zero-order valence-electron chi connectivity index (χ0n) is 18.1. The van der Waals surface area contributed by atoms with E-state index in [1.54, 1.807) is 4.68 Å². The highest BCUT2D eigenvalue weighted by atomic mass is 16.5. The van der Waals surface area contributed by atoms with Crippen LogP contribution >= 0.6 is 0 Å². The summed E-state index contributed by atoms with van der Waals surface area (Å²) in [6.07, 6.45) is 1.76. The van der Waals surface area contributed by atoms with Crippen molar-refractivity contribution in [2.24, 2.45) is 0 Å². The average molecular weight is 415 g/mol. The van der Waals surface area contributed by atoms with Crippen LogP contribution < -0.4 is 14.8 Å². The van der Waals surface area contributed by atoms with Crippen molar-refractivity contribution in [1.82, 2.24) is 20.2 Å². The highest BCUT2D eigenvalue weighted by Crippen LogP contribution is 2.39. The van der Waals surface area contributed by atoms with E-state index < -0.39 is 12.0 Å². The van der Waals surface area contributed by atoms with E-state index in [4.69, 9.17) is 14.2 Å². The van der Waals surface area contributed by atoms with Crippen LogP contribution in [0.25, 0.3) is 0 Å². The molecule has 1 N–H and O–H groups in total. The van der Waals surface area contributed by atoms with Crippen LogP contribution in [0.2, 0.25) is 0 Å². The van der Waals surface area contributed by atoms with Gasteiger partial charge in [-0.3, -0.25) is 0 Å². The first-order valence-corrected chi connectivity index (χ1v) is 10.3. The van der Waals surface area contributed by atoms with Gasteiger partial charge in [0.2, 0.25) is 5.95 Å². The molecule has 0 spiro atoms. The van der Waals surface area contributed by atoms with Gasteiger partial charge in [-0.2, -0.15) is 4.68 Å². The maximum Gasteiger partial charge on any atom is 0.338 e. The third-order valence-corrected chi connectivity index (χ3v) is 4.62. The molecule has 0 aliphatic carbocycles. The fraction of sp³-hybridized carbons (Fsp3) is 0.524. The number of hydrogen-bond acceptors (Lipinski definition) is 8. The number of allylic oxidation sites excluding steroid dienone is 1. The van der Waals surface area contributed by atoms with E-state index in [2.05, 4.69) is 27.8 Å². The van der Waals surface area contributed by atoms with Gasteiger partial charge in [0.15, 0.2) is 11.5 Å². The van der Waals surface area contributed by atoms with Crippen LogP contribution in [0.4, 0.5) is 5.95 Å². The summed E-state index contributed by atoms with van der Waals surface area (Å²) in [6, 6.07) is 5.10. The van der Waals surface area contributed by atoms with Gasteiger partial charge < -0.3 is 19.5 Å². The zero-order valence-corrected chi connectivity index (χ0v) is 18.1. The van der Waals surface area contributed by atoms with Gasteiger partial charge in [-0.15, -0.1) is 0 Å². The Morgan fingerprint density at radius 1 is 1.23 bits per heavy atom. The number of tetrazole rings is 1. The number of carbonyl (C=O) groups excluding carboxylic acids is 1. The maximum atomic E-state index is 12.9. The molecule has 1 unspecified atom stereocenters. The van der Waals surface area contributed by atoms with Crippen molar-refractivity contribution in [3.8, 4) is 11.5 Å². The normalized spacial score (nSPS) is 15.6. The Hall–Kier alpha value is -3.10. The molecule has 1 aromatic carbocycles. The number of unbranched alkanes of at least 4 members (excludes halogenated alkanes) is 1. The molecule has 0 amide bonds. The molecule has 9 heteroatoms. The number of nitrogens with zero attached hydrogens (tertiary/aromatic N) is 4. The quantitative estimate of drug-likeness (QED) is 0.491. The summed E-state index contributed by atoms with van der Waals surface area (Å²) in [4.78, 5) is 12.9. The number of carbonyl (C=O) groups is 1. The number of esters is 1. The lowest BCUT2D eigenvalue weighted by Crippen LogP contribution is -2.30. The lowest BCUT2D eigenvalue weighted by molar-refractivity contribution is -0.143. The number of fused-ring (bicyclic) bond motifs is 1. The number of benzene rings is 1. The first-order chi connectivity index (χ1) is 14.5. The third-order valence-electron chi connectivity index (χ3n) is 4.62. The average Bonchev–Trinajstić information content (AvgIpc) is 3.15. The number of nitrogens with one attached hydrogen (secondary N) is 1. The van der Waals surface area contributed by atoms with E-state index in [1.165, 1.54) is 0 Å². The van der Waals surface area contributed by atoms with Crippen molar-refractivity contribution in [2.45, 2.75) is 59.6 Å². The highest BCUT2D eigenvalue weighted by Gasteiger charge is 2.35. The van der Waals surface area contributed by atoms with E-state index in [1.807, 2.05) is 45.9 Å². The summed E-state index contributed by atoms with van der Waals surface area (Å²) in [5.41, 5.74) is 1.89. The molecular formula is C21H29N5O4. The van der Waals surface area contributed by atoms with Crippen LogP contribution in [0.5, 0.6) is 11.5 Å². The Balaban J connectivity index is 2.04. The van der Waals surface area contributed by atoms with Crippen molar-refractivity contribution >= 4 is 11.9 Å². The van der Waals surface area contributed by atoms with Crippen molar-refractivity contribution in [3.63, 3.8) is 0 Å². The number of aromatic nitrogens is 4. The molecule has 0 radical (unpaired) electrons. The zero-order chi connectivity index (χ0) is 21.7. The van der Waals surface area contributed by atoms with Crippen LogP contribution in [0.1, 0.15) is 59.1 Å². The van der Waals surface area contributed by atoms with Crippen molar-refractivity contribution in [2.75, 3.05) is 18.5 Å². The first kappa shape index (κ1) is 21.6. The van der Waals surface area contributed by atoms with Gasteiger partial charge >= 0.3 is 5.97 Å². The standard InChI is InChI=1S/C21H29N5O4/c1-6-8-11-29-16-10-9-15(12-17(16)28-7-2)19-18(20(27)30-13(3)4)14(5)22-21-23-24-25-26(19)21/h9-10,12-13,19H,6-8,11H2,1-5H3,(H,22,23,25). The molecule has 2 heterocycles. The second-order valence-electron chi connectivity index (χ2n) is 7.31. The summed E-state index contributed by atoms with van der Waals surface area (Å²) >= 11 is 0. The number of hydrogen-bond donors (Lipinski definition) is 1. The molecule has 0 fully saturated rings. The molecule has 1 aliphatic heterocycles. The topological polar surface area (TPSA) is 100 Å². The highest BCUT2D eigenvalue weighted by molar-refractivity contribution is 5.92. The van der Waals surface area contributed by atoms with Gasteiger partial charge in [0.05, 0.1) is 24.9 Å². The predicted molar refractivity (Wildman–Crippen MR) is 112 cm³/mol. The Bertz CT molecular complexity index is 922. The summed E-state index contributed by atoms with van der Waals surface area (Å²) in [5, 5.41) is 15.0. The van der Waals surface area contributed by atoms with Crippen LogP contribution in [-0.2, 0) is 9.53 Å². The molecule has 30 heavy (non-hydrogen) atoms. The van der Waals surface area contributed by atoms with Crippen molar-refractivity contribution in [3.05, 3.63) is 35.0 Å². The SMILES string of the molecule is CCCCOc1ccc(C2C(C(=O)OC(C)C)=C(C)Nc3nnnn32)cc1OCC. The monoisotopic (exact) mass is 415 g/mol. The van der Waals surface area contributed by atoms with Crippen molar-refractivity contribution in [1.29, 1.82) is 0 Å². The van der Waals surface area contributed by atoms with Gasteiger partial charge in [-0.25, -0.2) is 4.79 Å². The summed E-state index contributed by atoms with van der Waals surface area (Å²) in [5.74, 6) is 1.34.